The number of Topliss-reactive ketones (excluding diaryl/α,β-unsaturated/α-hetero) is 1. The van der Waals surface area contributed by atoms with Crippen LogP contribution in [-0.2, 0) is 23.9 Å². The average molecular weight is 447 g/mol. The van der Waals surface area contributed by atoms with Gasteiger partial charge in [0.25, 0.3) is 0 Å². The molecule has 8 nitrogen and oxygen atoms in total. The van der Waals surface area contributed by atoms with Gasteiger partial charge in [-0.25, -0.2) is 4.79 Å². The summed E-state index contributed by atoms with van der Waals surface area (Å²) < 4.78 is 4.64. The summed E-state index contributed by atoms with van der Waals surface area (Å²) in [6, 6.07) is 6.39. The first-order valence-corrected chi connectivity index (χ1v) is 10.7. The zero-order chi connectivity index (χ0) is 23.6. The van der Waals surface area contributed by atoms with Crippen LogP contribution in [0, 0.1) is 17.8 Å². The number of methoxy groups -OCH3 is 1. The van der Waals surface area contributed by atoms with Crippen molar-refractivity contribution < 1.29 is 33.8 Å². The van der Waals surface area contributed by atoms with Crippen LogP contribution in [0.25, 0.3) is 0 Å². The van der Waals surface area contributed by atoms with Crippen LogP contribution in [0.1, 0.15) is 31.2 Å². The number of carbonyl (C=O) groups excluding carboxylic acids is 5. The summed E-state index contributed by atoms with van der Waals surface area (Å²) in [5.41, 5.74) is 2.55. The number of ketones is 2. The number of phenols is 1. The van der Waals surface area contributed by atoms with Gasteiger partial charge in [-0.1, -0.05) is 23.8 Å². The highest BCUT2D eigenvalue weighted by Crippen LogP contribution is 2.55. The van der Waals surface area contributed by atoms with Crippen molar-refractivity contribution in [2.45, 2.75) is 25.7 Å². The molecule has 1 saturated heterocycles. The third kappa shape index (κ3) is 2.93. The molecule has 1 aromatic rings. The highest BCUT2D eigenvalue weighted by atomic mass is 16.5. The van der Waals surface area contributed by atoms with Gasteiger partial charge in [-0.05, 0) is 49.5 Å². The fourth-order valence-electron chi connectivity index (χ4n) is 5.68. The molecule has 1 N–H and O–H groups in total. The minimum atomic E-state index is -1.02. The Morgan fingerprint density at radius 2 is 1.76 bits per heavy atom. The molecule has 1 aliphatic heterocycles. The van der Waals surface area contributed by atoms with E-state index in [1.165, 1.54) is 18.2 Å². The molecule has 3 amide bonds. The molecule has 4 aliphatic rings. The van der Waals surface area contributed by atoms with E-state index in [-0.39, 0.29) is 30.2 Å². The fraction of sp³-hybridized carbons (Fsp3) is 0.320. The van der Waals surface area contributed by atoms with Gasteiger partial charge in [0.2, 0.25) is 11.8 Å². The quantitative estimate of drug-likeness (QED) is 0.399. The first-order valence-electron chi connectivity index (χ1n) is 10.7. The Morgan fingerprint density at radius 3 is 2.42 bits per heavy atom. The molecule has 4 atom stereocenters. The molecular formula is C25H21NO7. The highest BCUT2D eigenvalue weighted by Gasteiger charge is 2.58. The summed E-state index contributed by atoms with van der Waals surface area (Å²) in [6.07, 6.45) is 2.54. The zero-order valence-corrected chi connectivity index (χ0v) is 18.0. The fourth-order valence-corrected chi connectivity index (χ4v) is 5.68. The molecule has 5 rings (SSSR count). The van der Waals surface area contributed by atoms with Crippen molar-refractivity contribution in [1.82, 2.24) is 4.90 Å². The Hall–Kier alpha value is -3.81. The van der Waals surface area contributed by atoms with Gasteiger partial charge in [0.15, 0.2) is 11.6 Å². The molecule has 0 spiro atoms. The molecule has 1 aromatic carbocycles. The molecule has 0 aromatic heterocycles. The van der Waals surface area contributed by atoms with Crippen molar-refractivity contribution in [3.05, 3.63) is 64.3 Å². The predicted molar refractivity (Wildman–Crippen MR) is 114 cm³/mol. The van der Waals surface area contributed by atoms with E-state index < -0.39 is 41.6 Å². The Labute approximate surface area is 189 Å². The molecular weight excluding hydrogens is 426 g/mol. The lowest BCUT2D eigenvalue weighted by Gasteiger charge is -2.42. The van der Waals surface area contributed by atoms with Crippen molar-refractivity contribution in [1.29, 1.82) is 0 Å². The summed E-state index contributed by atoms with van der Waals surface area (Å²) in [5.74, 6) is -4.34. The van der Waals surface area contributed by atoms with Crippen LogP contribution < -0.4 is 0 Å². The number of hydrogen-bond donors (Lipinski definition) is 1. The number of aromatic hydroxyl groups is 1. The first-order chi connectivity index (χ1) is 15.7. The number of hydrogen-bond acceptors (Lipinski definition) is 7. The molecule has 1 heterocycles. The molecule has 3 aliphatic carbocycles. The maximum atomic E-state index is 13.2. The van der Waals surface area contributed by atoms with E-state index in [9.17, 15) is 29.1 Å². The number of rotatable bonds is 1. The van der Waals surface area contributed by atoms with Crippen LogP contribution in [0.4, 0.5) is 4.79 Å². The van der Waals surface area contributed by atoms with Crippen LogP contribution >= 0.6 is 0 Å². The van der Waals surface area contributed by atoms with Crippen molar-refractivity contribution in [2.75, 3.05) is 7.11 Å². The van der Waals surface area contributed by atoms with Gasteiger partial charge in [-0.15, -0.1) is 0 Å². The maximum absolute atomic E-state index is 13.2. The van der Waals surface area contributed by atoms with Gasteiger partial charge in [-0.2, -0.15) is 4.90 Å². The minimum Gasteiger partial charge on any atom is -0.508 e. The molecule has 168 valence electrons. The summed E-state index contributed by atoms with van der Waals surface area (Å²) in [5, 5.41) is 9.76. The normalized spacial score (nSPS) is 28.7. The van der Waals surface area contributed by atoms with Crippen LogP contribution in [0.15, 0.2) is 58.7 Å². The Morgan fingerprint density at radius 1 is 1.06 bits per heavy atom. The maximum Gasteiger partial charge on any atom is 0.423 e. The first kappa shape index (κ1) is 21.1. The zero-order valence-electron chi connectivity index (χ0n) is 18.0. The van der Waals surface area contributed by atoms with E-state index in [2.05, 4.69) is 4.74 Å². The number of fused-ring (bicyclic) bond motifs is 3. The van der Waals surface area contributed by atoms with Gasteiger partial charge >= 0.3 is 6.09 Å². The number of carbonyl (C=O) groups is 5. The predicted octanol–water partition coefficient (Wildman–Crippen LogP) is 2.59. The number of imide groups is 3. The van der Waals surface area contributed by atoms with E-state index in [0.29, 0.717) is 27.2 Å². The van der Waals surface area contributed by atoms with Gasteiger partial charge in [0.1, 0.15) is 5.75 Å². The van der Waals surface area contributed by atoms with E-state index in [0.717, 1.165) is 12.7 Å². The number of phenolic OH excluding ortho intramolecular Hbond substituents is 1. The average Bonchev–Trinajstić information content (AvgIpc) is 3.06. The van der Waals surface area contributed by atoms with Crippen LogP contribution in [0.5, 0.6) is 5.75 Å². The molecule has 0 bridgehead atoms. The monoisotopic (exact) mass is 447 g/mol. The van der Waals surface area contributed by atoms with Crippen LogP contribution in [0.2, 0.25) is 0 Å². The van der Waals surface area contributed by atoms with Gasteiger partial charge in [-0.3, -0.25) is 19.2 Å². The summed E-state index contributed by atoms with van der Waals surface area (Å²) >= 11 is 0. The largest absolute Gasteiger partial charge is 0.508 e. The van der Waals surface area contributed by atoms with E-state index in [1.54, 1.807) is 19.1 Å². The Bertz CT molecular complexity index is 1230. The van der Waals surface area contributed by atoms with Crippen molar-refractivity contribution in [2.24, 2.45) is 17.8 Å². The lowest BCUT2D eigenvalue weighted by atomic mass is 9.59. The Kier molecular flexibility index (Phi) is 4.70. The molecule has 4 unspecified atom stereocenters. The molecule has 33 heavy (non-hydrogen) atoms. The number of benzene rings is 1. The van der Waals surface area contributed by atoms with E-state index in [1.807, 2.05) is 6.08 Å². The van der Waals surface area contributed by atoms with E-state index in [4.69, 9.17) is 0 Å². The second kappa shape index (κ2) is 7.37. The Balaban J connectivity index is 1.67. The second-order valence-electron chi connectivity index (χ2n) is 8.80. The second-order valence-corrected chi connectivity index (χ2v) is 8.80. The molecule has 8 heteroatoms. The highest BCUT2D eigenvalue weighted by molar-refractivity contribution is 6.24. The number of likely N-dealkylation sites (tertiary alicyclic amines) is 1. The molecule has 0 saturated carbocycles. The van der Waals surface area contributed by atoms with Gasteiger partial charge < -0.3 is 9.84 Å². The van der Waals surface area contributed by atoms with Crippen molar-refractivity contribution in [3.63, 3.8) is 0 Å². The van der Waals surface area contributed by atoms with Gasteiger partial charge in [0, 0.05) is 22.6 Å². The lowest BCUT2D eigenvalue weighted by Crippen LogP contribution is -2.40. The number of amides is 3. The van der Waals surface area contributed by atoms with Crippen molar-refractivity contribution in [3.8, 4) is 5.75 Å². The number of ether oxygens (including phenoxy) is 1. The molecule has 0 radical (unpaired) electrons. The van der Waals surface area contributed by atoms with Gasteiger partial charge in [0.05, 0.1) is 18.9 Å². The minimum absolute atomic E-state index is 0.0606. The third-order valence-corrected chi connectivity index (χ3v) is 7.15. The third-order valence-electron chi connectivity index (χ3n) is 7.15. The van der Waals surface area contributed by atoms with Crippen molar-refractivity contribution >= 4 is 29.5 Å². The standard InChI is InChI=1S/C25H21NO7/c1-11-9-18(28)17-10-16-14(19(21(17)22(11)29)12-3-5-13(27)6-4-12)7-8-15-20(16)24(31)26(23(15)30)25(32)33-2/h3-7,9,15-16,19-20,27H,8,10H2,1-2H3. The smallest absolute Gasteiger partial charge is 0.423 e. The number of nitrogens with zero attached hydrogens (tertiary/aromatic N) is 1. The SMILES string of the molecule is COC(=O)N1C(=O)C2CC=C3C(c4ccc(O)cc4)C4=C(CC3C2C1=O)C(=O)C=C(C)C4=O. The number of allylic oxidation sites excluding steroid dienone is 6. The lowest BCUT2D eigenvalue weighted by molar-refractivity contribution is -0.137. The molecule has 1 fully saturated rings. The summed E-state index contributed by atoms with van der Waals surface area (Å²) in [6.45, 7) is 1.60. The van der Waals surface area contributed by atoms with E-state index >= 15 is 0 Å². The summed E-state index contributed by atoms with van der Waals surface area (Å²) in [4.78, 5) is 64.9. The summed E-state index contributed by atoms with van der Waals surface area (Å²) in [7, 11) is 1.11. The van der Waals surface area contributed by atoms with Crippen LogP contribution in [0.3, 0.4) is 0 Å². The van der Waals surface area contributed by atoms with Crippen LogP contribution in [-0.4, -0.2) is 46.6 Å². The topological polar surface area (TPSA) is 118 Å².